The van der Waals surface area contributed by atoms with Gasteiger partial charge in [0.2, 0.25) is 0 Å². The topological polar surface area (TPSA) is 89.0 Å². The predicted molar refractivity (Wildman–Crippen MR) is 59.3 cm³/mol. The lowest BCUT2D eigenvalue weighted by Crippen LogP contribution is -2.48. The molecule has 17 heavy (non-hydrogen) atoms. The fourth-order valence-electron chi connectivity index (χ4n) is 1.67. The van der Waals surface area contributed by atoms with Crippen LogP contribution < -0.4 is 11.0 Å². The summed E-state index contributed by atoms with van der Waals surface area (Å²) >= 11 is 0. The van der Waals surface area contributed by atoms with Gasteiger partial charge < -0.3 is 4.74 Å². The molecule has 1 aromatic heterocycles. The van der Waals surface area contributed by atoms with E-state index in [2.05, 4.69) is 15.5 Å². The molecule has 0 unspecified atom stereocenters. The number of esters is 1. The van der Waals surface area contributed by atoms with Gasteiger partial charge in [0.05, 0.1) is 13.1 Å². The zero-order chi connectivity index (χ0) is 12.6. The molecule has 2 rings (SSSR count). The summed E-state index contributed by atoms with van der Waals surface area (Å²) in [6.45, 7) is 6.05. The highest BCUT2D eigenvalue weighted by atomic mass is 16.6. The number of hydrogen-bond donors (Lipinski definition) is 2. The molecule has 1 atom stereocenters. The number of aromatic nitrogens is 3. The van der Waals surface area contributed by atoms with Crippen molar-refractivity contribution in [2.24, 2.45) is 0 Å². The SMILES string of the molecule is CC(C)(C)OC(=O)[C@H]1Cn2c(n[nH]c2=O)CN1. The van der Waals surface area contributed by atoms with Gasteiger partial charge in [-0.3, -0.25) is 14.7 Å². The van der Waals surface area contributed by atoms with E-state index < -0.39 is 11.6 Å². The van der Waals surface area contributed by atoms with E-state index in [4.69, 9.17) is 4.74 Å². The highest BCUT2D eigenvalue weighted by molar-refractivity contribution is 5.76. The zero-order valence-corrected chi connectivity index (χ0v) is 10.1. The lowest BCUT2D eigenvalue weighted by Gasteiger charge is -2.27. The van der Waals surface area contributed by atoms with Crippen molar-refractivity contribution in [3.8, 4) is 0 Å². The molecule has 0 fully saturated rings. The predicted octanol–water partition coefficient (Wildman–Crippen LogP) is -0.615. The van der Waals surface area contributed by atoms with Crippen LogP contribution in [0.25, 0.3) is 0 Å². The van der Waals surface area contributed by atoms with E-state index in [0.717, 1.165) is 0 Å². The summed E-state index contributed by atoms with van der Waals surface area (Å²) in [5.41, 5.74) is -0.824. The number of nitrogens with zero attached hydrogens (tertiary/aromatic N) is 2. The summed E-state index contributed by atoms with van der Waals surface area (Å²) < 4.78 is 6.71. The van der Waals surface area contributed by atoms with E-state index in [-0.39, 0.29) is 18.2 Å². The molecule has 0 radical (unpaired) electrons. The highest BCUT2D eigenvalue weighted by Crippen LogP contribution is 2.11. The summed E-state index contributed by atoms with van der Waals surface area (Å²) in [6.07, 6.45) is 0. The third-order valence-corrected chi connectivity index (χ3v) is 2.40. The standard InChI is InChI=1S/C10H16N4O3/c1-10(2,3)17-8(15)6-5-14-7(4-11-6)12-13-9(14)16/h6,11H,4-5H2,1-3H3,(H,13,16)/t6-/m1/s1. The first-order valence-electron chi connectivity index (χ1n) is 5.47. The average Bonchev–Trinajstić information content (AvgIpc) is 2.57. The second kappa shape index (κ2) is 3.99. The second-order valence-corrected chi connectivity index (χ2v) is 5.02. The smallest absolute Gasteiger partial charge is 0.343 e. The summed E-state index contributed by atoms with van der Waals surface area (Å²) in [5.74, 6) is 0.256. The largest absolute Gasteiger partial charge is 0.459 e. The maximum absolute atomic E-state index is 11.8. The normalized spacial score (nSPS) is 19.8. The van der Waals surface area contributed by atoms with Gasteiger partial charge >= 0.3 is 11.7 Å². The summed E-state index contributed by atoms with van der Waals surface area (Å²) in [5, 5.41) is 9.18. The molecule has 0 amide bonds. The van der Waals surface area contributed by atoms with Crippen LogP contribution in [-0.2, 0) is 22.6 Å². The Balaban J connectivity index is 2.10. The maximum atomic E-state index is 11.8. The molecule has 1 aliphatic rings. The Bertz CT molecular complexity index is 482. The third-order valence-electron chi connectivity index (χ3n) is 2.40. The number of ether oxygens (including phenoxy) is 1. The van der Waals surface area contributed by atoms with Crippen molar-refractivity contribution in [2.45, 2.75) is 45.5 Å². The molecule has 0 saturated heterocycles. The van der Waals surface area contributed by atoms with Gasteiger partial charge in [0.15, 0.2) is 0 Å². The molecule has 0 bridgehead atoms. The van der Waals surface area contributed by atoms with Crippen molar-refractivity contribution in [3.05, 3.63) is 16.3 Å². The van der Waals surface area contributed by atoms with Crippen LogP contribution in [0.1, 0.15) is 26.6 Å². The minimum Gasteiger partial charge on any atom is -0.459 e. The second-order valence-electron chi connectivity index (χ2n) is 5.02. The molecule has 0 aromatic carbocycles. The fourth-order valence-corrected chi connectivity index (χ4v) is 1.67. The number of nitrogens with one attached hydrogen (secondary N) is 2. The third kappa shape index (κ3) is 2.55. The molecule has 1 aromatic rings. The first-order chi connectivity index (χ1) is 7.87. The number of fused-ring (bicyclic) bond motifs is 1. The van der Waals surface area contributed by atoms with E-state index in [1.54, 1.807) is 0 Å². The van der Waals surface area contributed by atoms with Crippen molar-refractivity contribution in [2.75, 3.05) is 0 Å². The summed E-state index contributed by atoms with van der Waals surface area (Å²) in [6, 6.07) is -0.503. The molecular weight excluding hydrogens is 224 g/mol. The van der Waals surface area contributed by atoms with Crippen LogP contribution in [0.5, 0.6) is 0 Å². The molecule has 7 heteroatoms. The van der Waals surface area contributed by atoms with Crippen LogP contribution >= 0.6 is 0 Å². The number of aromatic amines is 1. The quantitative estimate of drug-likeness (QED) is 0.639. The van der Waals surface area contributed by atoms with Gasteiger partial charge in [-0.1, -0.05) is 0 Å². The van der Waals surface area contributed by atoms with Gasteiger partial charge in [-0.25, -0.2) is 9.89 Å². The van der Waals surface area contributed by atoms with Gasteiger partial charge in [-0.2, -0.15) is 5.10 Å². The Morgan fingerprint density at radius 2 is 2.24 bits per heavy atom. The molecule has 94 valence electrons. The average molecular weight is 240 g/mol. The number of carbonyl (C=O) groups excluding carboxylic acids is 1. The Labute approximate surface area is 98.2 Å². The van der Waals surface area contributed by atoms with E-state index >= 15 is 0 Å². The van der Waals surface area contributed by atoms with Crippen molar-refractivity contribution >= 4 is 5.97 Å². The Kier molecular flexibility index (Phi) is 2.78. The molecule has 0 saturated carbocycles. The van der Waals surface area contributed by atoms with Crippen LogP contribution in [0.15, 0.2) is 4.79 Å². The van der Waals surface area contributed by atoms with Gasteiger partial charge in [0.1, 0.15) is 17.5 Å². The monoisotopic (exact) mass is 240 g/mol. The molecule has 7 nitrogen and oxygen atoms in total. The van der Waals surface area contributed by atoms with Crippen molar-refractivity contribution < 1.29 is 9.53 Å². The lowest BCUT2D eigenvalue weighted by molar-refractivity contribution is -0.158. The first-order valence-corrected chi connectivity index (χ1v) is 5.47. The van der Waals surface area contributed by atoms with Gasteiger partial charge in [-0.05, 0) is 20.8 Å². The minimum absolute atomic E-state index is 0.250. The first kappa shape index (κ1) is 11.8. The Morgan fingerprint density at radius 3 is 2.88 bits per heavy atom. The molecule has 0 spiro atoms. The van der Waals surface area contributed by atoms with E-state index in [1.165, 1.54) is 4.57 Å². The van der Waals surface area contributed by atoms with E-state index in [1.807, 2.05) is 20.8 Å². The van der Waals surface area contributed by atoms with Gasteiger partial charge in [0.25, 0.3) is 0 Å². The van der Waals surface area contributed by atoms with Crippen molar-refractivity contribution in [1.29, 1.82) is 0 Å². The van der Waals surface area contributed by atoms with Crippen molar-refractivity contribution in [3.63, 3.8) is 0 Å². The summed E-state index contributed by atoms with van der Waals surface area (Å²) in [7, 11) is 0. The summed E-state index contributed by atoms with van der Waals surface area (Å²) in [4.78, 5) is 23.2. The van der Waals surface area contributed by atoms with Crippen LogP contribution in [0.3, 0.4) is 0 Å². The van der Waals surface area contributed by atoms with E-state index in [0.29, 0.717) is 12.4 Å². The molecule has 2 N–H and O–H groups in total. The molecular formula is C10H16N4O3. The lowest BCUT2D eigenvalue weighted by atomic mass is 10.2. The van der Waals surface area contributed by atoms with Crippen molar-refractivity contribution in [1.82, 2.24) is 20.1 Å². The number of hydrogen-bond acceptors (Lipinski definition) is 5. The number of carbonyl (C=O) groups is 1. The van der Waals surface area contributed by atoms with Crippen LogP contribution in [0.4, 0.5) is 0 Å². The molecule has 2 heterocycles. The maximum Gasteiger partial charge on any atom is 0.343 e. The highest BCUT2D eigenvalue weighted by Gasteiger charge is 2.29. The van der Waals surface area contributed by atoms with Crippen LogP contribution in [0, 0.1) is 0 Å². The number of rotatable bonds is 1. The fraction of sp³-hybridized carbons (Fsp3) is 0.700. The van der Waals surface area contributed by atoms with Gasteiger partial charge in [0, 0.05) is 0 Å². The minimum atomic E-state index is -0.527. The van der Waals surface area contributed by atoms with E-state index in [9.17, 15) is 9.59 Å². The zero-order valence-electron chi connectivity index (χ0n) is 10.1. The van der Waals surface area contributed by atoms with Gasteiger partial charge in [-0.15, -0.1) is 0 Å². The van der Waals surface area contributed by atoms with Crippen LogP contribution in [-0.4, -0.2) is 32.4 Å². The Morgan fingerprint density at radius 1 is 1.53 bits per heavy atom. The molecule has 1 aliphatic heterocycles. The number of H-pyrrole nitrogens is 1. The van der Waals surface area contributed by atoms with Crippen LogP contribution in [0.2, 0.25) is 0 Å². The molecule has 0 aliphatic carbocycles. The Hall–Kier alpha value is -1.63.